The summed E-state index contributed by atoms with van der Waals surface area (Å²) in [6.07, 6.45) is 3.22. The first-order valence-corrected chi connectivity index (χ1v) is 9.85. The minimum atomic E-state index is -0.00296. The lowest BCUT2D eigenvalue weighted by atomic mass is 9.89. The van der Waals surface area contributed by atoms with E-state index in [1.165, 1.54) is 22.2 Å². The second kappa shape index (κ2) is 6.00. The van der Waals surface area contributed by atoms with Crippen LogP contribution in [0, 0.1) is 12.8 Å². The molecule has 3 heterocycles. The van der Waals surface area contributed by atoms with Crippen molar-refractivity contribution in [2.45, 2.75) is 44.0 Å². The summed E-state index contributed by atoms with van der Waals surface area (Å²) in [6.45, 7) is 4.19. The van der Waals surface area contributed by atoms with Crippen LogP contribution in [0.25, 0.3) is 10.2 Å². The highest BCUT2D eigenvalue weighted by atomic mass is 32.2. The van der Waals surface area contributed by atoms with Gasteiger partial charge in [-0.3, -0.25) is 4.79 Å². The molecular weight excluding hydrogens is 342 g/mol. The number of aromatic amines is 1. The van der Waals surface area contributed by atoms with E-state index in [0.29, 0.717) is 17.5 Å². The highest BCUT2D eigenvalue weighted by Gasteiger charge is 2.23. The van der Waals surface area contributed by atoms with Crippen LogP contribution in [0.2, 0.25) is 0 Å². The molecule has 1 unspecified atom stereocenters. The van der Waals surface area contributed by atoms with Crippen LogP contribution in [0.5, 0.6) is 0 Å². The zero-order chi connectivity index (χ0) is 16.8. The molecule has 1 N–H and O–H groups in total. The maximum absolute atomic E-state index is 12.6. The van der Waals surface area contributed by atoms with Crippen molar-refractivity contribution in [3.05, 3.63) is 32.4 Å². The molecule has 0 radical (unpaired) electrons. The molecule has 0 aliphatic heterocycles. The zero-order valence-electron chi connectivity index (χ0n) is 13.9. The van der Waals surface area contributed by atoms with Crippen molar-refractivity contribution in [1.29, 1.82) is 0 Å². The normalized spacial score (nSPS) is 17.4. The van der Waals surface area contributed by atoms with E-state index in [-0.39, 0.29) is 5.56 Å². The molecule has 0 bridgehead atoms. The van der Waals surface area contributed by atoms with Crippen LogP contribution in [0.3, 0.4) is 0 Å². The predicted octanol–water partition coefficient (Wildman–Crippen LogP) is 2.84. The summed E-state index contributed by atoms with van der Waals surface area (Å²) in [7, 11) is 1.94. The Morgan fingerprint density at radius 1 is 1.42 bits per heavy atom. The summed E-state index contributed by atoms with van der Waals surface area (Å²) in [6, 6.07) is 0. The van der Waals surface area contributed by atoms with Gasteiger partial charge in [-0.15, -0.1) is 21.5 Å². The lowest BCUT2D eigenvalue weighted by Crippen LogP contribution is -2.14. The molecule has 3 aromatic rings. The number of H-pyrrole nitrogens is 1. The van der Waals surface area contributed by atoms with Gasteiger partial charge in [-0.2, -0.15) is 0 Å². The van der Waals surface area contributed by atoms with Crippen LogP contribution in [0.4, 0.5) is 0 Å². The minimum Gasteiger partial charge on any atom is -0.309 e. The monoisotopic (exact) mass is 361 g/mol. The molecule has 4 rings (SSSR count). The number of hydrogen-bond acceptors (Lipinski definition) is 6. The Morgan fingerprint density at radius 3 is 3.00 bits per heavy atom. The van der Waals surface area contributed by atoms with Crippen molar-refractivity contribution in [2.24, 2.45) is 13.0 Å². The lowest BCUT2D eigenvalue weighted by Gasteiger charge is -2.17. The first-order chi connectivity index (χ1) is 11.5. The Morgan fingerprint density at radius 2 is 2.25 bits per heavy atom. The first kappa shape index (κ1) is 15.8. The quantitative estimate of drug-likeness (QED) is 0.726. The Labute approximate surface area is 147 Å². The zero-order valence-corrected chi connectivity index (χ0v) is 15.6. The molecule has 0 amide bonds. The van der Waals surface area contributed by atoms with Crippen molar-refractivity contribution in [2.75, 3.05) is 0 Å². The van der Waals surface area contributed by atoms with E-state index in [1.807, 2.05) is 18.5 Å². The third-order valence-electron chi connectivity index (χ3n) is 4.61. The standard InChI is InChI=1S/C16H19N5OS2/c1-8-4-5-10-11(6-8)24-15-13(10)14(22)17-12(18-15)7-23-16-20-19-9(2)21(16)3/h8H,4-7H2,1-3H3,(H,17,18,22). The fourth-order valence-electron chi connectivity index (χ4n) is 3.11. The van der Waals surface area contributed by atoms with Crippen molar-refractivity contribution in [3.8, 4) is 0 Å². The van der Waals surface area contributed by atoms with Gasteiger partial charge in [0.15, 0.2) is 5.16 Å². The largest absolute Gasteiger partial charge is 0.309 e. The van der Waals surface area contributed by atoms with Gasteiger partial charge in [-0.05, 0) is 37.7 Å². The molecule has 0 saturated heterocycles. The van der Waals surface area contributed by atoms with Crippen molar-refractivity contribution < 1.29 is 0 Å². The number of rotatable bonds is 3. The Bertz CT molecular complexity index is 971. The number of fused-ring (bicyclic) bond motifs is 3. The Balaban J connectivity index is 1.66. The van der Waals surface area contributed by atoms with Gasteiger partial charge in [0.2, 0.25) is 0 Å². The van der Waals surface area contributed by atoms with E-state index in [9.17, 15) is 4.79 Å². The molecule has 0 fully saturated rings. The van der Waals surface area contributed by atoms with Gasteiger partial charge >= 0.3 is 0 Å². The Hall–Kier alpha value is -1.67. The fraction of sp³-hybridized carbons (Fsp3) is 0.500. The van der Waals surface area contributed by atoms with Gasteiger partial charge in [0, 0.05) is 11.9 Å². The summed E-state index contributed by atoms with van der Waals surface area (Å²) in [5.74, 6) is 2.84. The van der Waals surface area contributed by atoms with Crippen molar-refractivity contribution >= 4 is 33.3 Å². The van der Waals surface area contributed by atoms with Crippen molar-refractivity contribution in [3.63, 3.8) is 0 Å². The maximum atomic E-state index is 12.6. The minimum absolute atomic E-state index is 0.00296. The molecule has 1 aliphatic carbocycles. The summed E-state index contributed by atoms with van der Waals surface area (Å²) in [4.78, 5) is 22.4. The molecular formula is C16H19N5OS2. The molecule has 1 aliphatic rings. The number of thioether (sulfide) groups is 1. The second-order valence-corrected chi connectivity index (χ2v) is 8.45. The number of thiophene rings is 1. The number of aryl methyl sites for hydroxylation is 2. The second-order valence-electron chi connectivity index (χ2n) is 6.42. The van der Waals surface area contributed by atoms with Crippen LogP contribution >= 0.6 is 23.1 Å². The van der Waals surface area contributed by atoms with Crippen LogP contribution in [-0.2, 0) is 25.6 Å². The number of nitrogens with zero attached hydrogens (tertiary/aromatic N) is 4. The molecule has 24 heavy (non-hydrogen) atoms. The Kier molecular flexibility index (Phi) is 3.96. The SMILES string of the molecule is Cc1nnc(SCc2nc3sc4c(c3c(=O)[nH]2)CCC(C)C4)n1C. The van der Waals surface area contributed by atoms with E-state index >= 15 is 0 Å². The molecule has 126 valence electrons. The molecule has 0 aromatic carbocycles. The van der Waals surface area contributed by atoms with E-state index in [0.717, 1.165) is 40.5 Å². The van der Waals surface area contributed by atoms with Crippen LogP contribution < -0.4 is 5.56 Å². The van der Waals surface area contributed by atoms with Crippen LogP contribution in [0.1, 0.15) is 35.4 Å². The van der Waals surface area contributed by atoms with E-state index < -0.39 is 0 Å². The molecule has 1 atom stereocenters. The number of hydrogen-bond donors (Lipinski definition) is 1. The average molecular weight is 361 g/mol. The van der Waals surface area contributed by atoms with E-state index in [4.69, 9.17) is 4.98 Å². The smallest absolute Gasteiger partial charge is 0.259 e. The molecule has 0 saturated carbocycles. The lowest BCUT2D eigenvalue weighted by molar-refractivity contribution is 0.509. The molecule has 3 aromatic heterocycles. The molecule has 8 heteroatoms. The van der Waals surface area contributed by atoms with E-state index in [1.54, 1.807) is 11.3 Å². The number of aromatic nitrogens is 5. The molecule has 0 spiro atoms. The summed E-state index contributed by atoms with van der Waals surface area (Å²) >= 11 is 3.22. The van der Waals surface area contributed by atoms with Crippen LogP contribution in [0.15, 0.2) is 9.95 Å². The fourth-order valence-corrected chi connectivity index (χ4v) is 5.34. The van der Waals surface area contributed by atoms with Gasteiger partial charge in [-0.1, -0.05) is 18.7 Å². The van der Waals surface area contributed by atoms with Crippen molar-refractivity contribution in [1.82, 2.24) is 24.7 Å². The summed E-state index contributed by atoms with van der Waals surface area (Å²) < 4.78 is 1.94. The topological polar surface area (TPSA) is 76.5 Å². The van der Waals surface area contributed by atoms with E-state index in [2.05, 4.69) is 22.1 Å². The van der Waals surface area contributed by atoms with Crippen LogP contribution in [-0.4, -0.2) is 24.7 Å². The van der Waals surface area contributed by atoms with Gasteiger partial charge in [0.1, 0.15) is 16.5 Å². The van der Waals surface area contributed by atoms with Gasteiger partial charge in [0.25, 0.3) is 5.56 Å². The highest BCUT2D eigenvalue weighted by molar-refractivity contribution is 7.98. The highest BCUT2D eigenvalue weighted by Crippen LogP contribution is 2.35. The predicted molar refractivity (Wildman–Crippen MR) is 96.7 cm³/mol. The summed E-state index contributed by atoms with van der Waals surface area (Å²) in [5, 5.41) is 9.82. The third-order valence-corrected chi connectivity index (χ3v) is 6.78. The first-order valence-electron chi connectivity index (χ1n) is 8.05. The summed E-state index contributed by atoms with van der Waals surface area (Å²) in [5.41, 5.74) is 1.22. The number of nitrogens with one attached hydrogen (secondary N) is 1. The van der Waals surface area contributed by atoms with Gasteiger partial charge in [0.05, 0.1) is 11.1 Å². The van der Waals surface area contributed by atoms with Gasteiger partial charge < -0.3 is 9.55 Å². The molecule has 6 nitrogen and oxygen atoms in total. The van der Waals surface area contributed by atoms with Gasteiger partial charge in [-0.25, -0.2) is 4.98 Å². The third kappa shape index (κ3) is 2.67. The maximum Gasteiger partial charge on any atom is 0.259 e. The average Bonchev–Trinajstić information content (AvgIpc) is 3.06.